The maximum absolute atomic E-state index is 11.9. The largest absolute Gasteiger partial charge is 0.493 e. The van der Waals surface area contributed by atoms with E-state index in [4.69, 9.17) is 4.74 Å². The molecule has 0 fully saturated rings. The predicted molar refractivity (Wildman–Crippen MR) is 132 cm³/mol. The van der Waals surface area contributed by atoms with Gasteiger partial charge in [-0.05, 0) is 42.8 Å². The molecule has 0 unspecified atom stereocenters. The summed E-state index contributed by atoms with van der Waals surface area (Å²) in [6, 6.07) is 9.94. The molecule has 1 aromatic heterocycles. The zero-order chi connectivity index (χ0) is 20.2. The number of benzene rings is 1. The molecule has 2 rings (SSSR count). The lowest BCUT2D eigenvalue weighted by Crippen LogP contribution is -2.38. The highest BCUT2D eigenvalue weighted by molar-refractivity contribution is 14.0. The van der Waals surface area contributed by atoms with Crippen molar-refractivity contribution < 1.29 is 9.53 Å². The number of aliphatic imine (C=N–C) groups is 1. The van der Waals surface area contributed by atoms with Gasteiger partial charge in [0.05, 0.1) is 11.5 Å². The van der Waals surface area contributed by atoms with E-state index >= 15 is 0 Å². The molecular weight excluding hydrogens is 499 g/mol. The minimum absolute atomic E-state index is 0. The molecule has 8 heteroatoms. The van der Waals surface area contributed by atoms with Gasteiger partial charge in [0.2, 0.25) is 0 Å². The van der Waals surface area contributed by atoms with Gasteiger partial charge in [-0.3, -0.25) is 9.79 Å². The molecule has 0 aliphatic carbocycles. The first-order valence-electron chi connectivity index (χ1n) is 9.62. The minimum atomic E-state index is -0.0171. The molecule has 0 saturated heterocycles. The molecule has 1 amide bonds. The fraction of sp³-hybridized carbons (Fsp3) is 0.429. The Morgan fingerprint density at radius 2 is 1.97 bits per heavy atom. The maximum Gasteiger partial charge on any atom is 0.261 e. The van der Waals surface area contributed by atoms with Crippen molar-refractivity contribution in [3.05, 3.63) is 51.7 Å². The quantitative estimate of drug-likeness (QED) is 0.188. The third-order valence-electron chi connectivity index (χ3n) is 4.03. The van der Waals surface area contributed by atoms with Crippen LogP contribution in [0, 0.1) is 6.92 Å². The van der Waals surface area contributed by atoms with Crippen LogP contribution >= 0.6 is 35.3 Å². The van der Waals surface area contributed by atoms with Crippen LogP contribution in [0.2, 0.25) is 0 Å². The highest BCUT2D eigenvalue weighted by Gasteiger charge is 2.07. The predicted octanol–water partition coefficient (Wildman–Crippen LogP) is 3.95. The van der Waals surface area contributed by atoms with E-state index in [2.05, 4.69) is 53.0 Å². The number of amides is 1. The number of thiophene rings is 1. The minimum Gasteiger partial charge on any atom is -0.493 e. The van der Waals surface area contributed by atoms with Crippen molar-refractivity contribution in [2.24, 2.45) is 4.99 Å². The summed E-state index contributed by atoms with van der Waals surface area (Å²) < 4.78 is 5.86. The van der Waals surface area contributed by atoms with Crippen molar-refractivity contribution in [2.75, 3.05) is 26.7 Å². The summed E-state index contributed by atoms with van der Waals surface area (Å²) in [5.41, 5.74) is 2.28. The molecule has 2 aromatic rings. The topological polar surface area (TPSA) is 74.8 Å². The van der Waals surface area contributed by atoms with Crippen LogP contribution in [-0.4, -0.2) is 38.6 Å². The Balaban J connectivity index is 0.00000420. The van der Waals surface area contributed by atoms with Gasteiger partial charge in [0.15, 0.2) is 5.96 Å². The molecule has 0 saturated carbocycles. The normalized spacial score (nSPS) is 10.8. The monoisotopic (exact) mass is 530 g/mol. The Morgan fingerprint density at radius 1 is 1.17 bits per heavy atom. The van der Waals surface area contributed by atoms with Crippen molar-refractivity contribution in [1.29, 1.82) is 0 Å². The number of carbonyl (C=O) groups excluding carboxylic acids is 1. The first kappa shape index (κ1) is 25.2. The molecule has 0 aliphatic heterocycles. The third kappa shape index (κ3) is 9.03. The third-order valence-corrected chi connectivity index (χ3v) is 4.90. The van der Waals surface area contributed by atoms with Gasteiger partial charge in [-0.2, -0.15) is 0 Å². The molecule has 0 spiro atoms. The van der Waals surface area contributed by atoms with Gasteiger partial charge in [-0.25, -0.2) is 0 Å². The second-order valence-electron chi connectivity index (χ2n) is 6.40. The number of guanidine groups is 1. The van der Waals surface area contributed by atoms with E-state index in [0.717, 1.165) is 41.5 Å². The van der Waals surface area contributed by atoms with Crippen molar-refractivity contribution in [1.82, 2.24) is 16.0 Å². The Hall–Kier alpha value is -1.81. The van der Waals surface area contributed by atoms with Crippen LogP contribution in [0.5, 0.6) is 5.75 Å². The number of nitrogens with zero attached hydrogens (tertiary/aromatic N) is 1. The van der Waals surface area contributed by atoms with Crippen LogP contribution in [-0.2, 0) is 6.54 Å². The highest BCUT2D eigenvalue weighted by Crippen LogP contribution is 2.20. The van der Waals surface area contributed by atoms with Gasteiger partial charge in [0, 0.05) is 32.2 Å². The first-order valence-corrected chi connectivity index (χ1v) is 10.5. The molecule has 1 aromatic carbocycles. The van der Waals surface area contributed by atoms with E-state index in [1.807, 2.05) is 17.5 Å². The SMILES string of the molecule is CCCOc1cc(C)ccc1CNC(=NC)NCCCNC(=O)c1cccs1.I. The summed E-state index contributed by atoms with van der Waals surface area (Å²) in [5.74, 6) is 1.63. The molecule has 29 heavy (non-hydrogen) atoms. The molecule has 6 nitrogen and oxygen atoms in total. The lowest BCUT2D eigenvalue weighted by Gasteiger charge is -2.15. The average Bonchev–Trinajstić information content (AvgIpc) is 3.24. The Kier molecular flexibility index (Phi) is 12.4. The van der Waals surface area contributed by atoms with Gasteiger partial charge < -0.3 is 20.7 Å². The summed E-state index contributed by atoms with van der Waals surface area (Å²) in [6.45, 7) is 6.84. The van der Waals surface area contributed by atoms with Crippen LogP contribution in [0.4, 0.5) is 0 Å². The smallest absolute Gasteiger partial charge is 0.261 e. The second-order valence-corrected chi connectivity index (χ2v) is 7.35. The van der Waals surface area contributed by atoms with E-state index in [1.54, 1.807) is 7.05 Å². The van der Waals surface area contributed by atoms with Crippen LogP contribution in [0.15, 0.2) is 40.7 Å². The Bertz CT molecular complexity index is 766. The second kappa shape index (κ2) is 14.2. The molecule has 0 aliphatic rings. The van der Waals surface area contributed by atoms with Gasteiger partial charge in [0.1, 0.15) is 5.75 Å². The molecule has 0 radical (unpaired) electrons. The Labute approximate surface area is 194 Å². The lowest BCUT2D eigenvalue weighted by molar-refractivity contribution is 0.0957. The number of carbonyl (C=O) groups is 1. The zero-order valence-electron chi connectivity index (χ0n) is 17.3. The molecule has 0 atom stereocenters. The van der Waals surface area contributed by atoms with Gasteiger partial charge >= 0.3 is 0 Å². The summed E-state index contributed by atoms with van der Waals surface area (Å²) in [5, 5.41) is 11.4. The number of halogens is 1. The van der Waals surface area contributed by atoms with Gasteiger partial charge in [0.25, 0.3) is 5.91 Å². The standard InChI is InChI=1S/C21H30N4O2S.HI/c1-4-12-27-18-14-16(2)8-9-17(18)15-25-21(22-3)24-11-6-10-23-20(26)19-7-5-13-28-19;/h5,7-9,13-14H,4,6,10-12,15H2,1-3H3,(H,23,26)(H2,22,24,25);1H. The van der Waals surface area contributed by atoms with E-state index in [-0.39, 0.29) is 29.9 Å². The summed E-state index contributed by atoms with van der Waals surface area (Å²) >= 11 is 1.45. The number of rotatable bonds is 10. The van der Waals surface area contributed by atoms with Crippen molar-refractivity contribution in [2.45, 2.75) is 33.2 Å². The van der Waals surface area contributed by atoms with Crippen LogP contribution in [0.25, 0.3) is 0 Å². The van der Waals surface area contributed by atoms with Crippen molar-refractivity contribution in [3.63, 3.8) is 0 Å². The van der Waals surface area contributed by atoms with Crippen molar-refractivity contribution >= 4 is 47.2 Å². The number of hydrogen-bond acceptors (Lipinski definition) is 4. The van der Waals surface area contributed by atoms with E-state index in [9.17, 15) is 4.79 Å². The van der Waals surface area contributed by atoms with E-state index in [1.165, 1.54) is 16.9 Å². The summed E-state index contributed by atoms with van der Waals surface area (Å²) in [6.07, 6.45) is 1.79. The summed E-state index contributed by atoms with van der Waals surface area (Å²) in [4.78, 5) is 16.9. The van der Waals surface area contributed by atoms with Crippen molar-refractivity contribution in [3.8, 4) is 5.75 Å². The fourth-order valence-electron chi connectivity index (χ4n) is 2.55. The lowest BCUT2D eigenvalue weighted by atomic mass is 10.1. The first-order chi connectivity index (χ1) is 13.6. The number of ether oxygens (including phenoxy) is 1. The van der Waals surface area contributed by atoms with E-state index < -0.39 is 0 Å². The van der Waals surface area contributed by atoms with Crippen LogP contribution in [0.3, 0.4) is 0 Å². The van der Waals surface area contributed by atoms with Crippen LogP contribution < -0.4 is 20.7 Å². The molecule has 0 bridgehead atoms. The zero-order valence-corrected chi connectivity index (χ0v) is 20.4. The van der Waals surface area contributed by atoms with Crippen LogP contribution in [0.1, 0.15) is 40.6 Å². The van der Waals surface area contributed by atoms with Gasteiger partial charge in [-0.15, -0.1) is 35.3 Å². The molecular formula is C21H31IN4O2S. The number of hydrogen-bond donors (Lipinski definition) is 3. The van der Waals surface area contributed by atoms with E-state index in [0.29, 0.717) is 19.7 Å². The fourth-order valence-corrected chi connectivity index (χ4v) is 3.19. The highest BCUT2D eigenvalue weighted by atomic mass is 127. The van der Waals surface area contributed by atoms with Gasteiger partial charge in [-0.1, -0.05) is 25.1 Å². The number of nitrogens with one attached hydrogen (secondary N) is 3. The average molecular weight is 530 g/mol. The molecule has 1 heterocycles. The number of aryl methyl sites for hydroxylation is 1. The maximum atomic E-state index is 11.9. The Morgan fingerprint density at radius 3 is 2.66 bits per heavy atom. The molecule has 160 valence electrons. The molecule has 3 N–H and O–H groups in total. The summed E-state index contributed by atoms with van der Waals surface area (Å²) in [7, 11) is 1.75.